The molecular weight excluding hydrogens is 384 g/mol. The quantitative estimate of drug-likeness (QED) is 0.471. The van der Waals surface area contributed by atoms with E-state index in [1.165, 1.54) is 18.4 Å². The van der Waals surface area contributed by atoms with E-state index in [-0.39, 0.29) is 5.41 Å². The number of hydrogen-bond donors (Lipinski definition) is 2. The molecular formula is C23H37ClN4O. The lowest BCUT2D eigenvalue weighted by Gasteiger charge is -2.33. The summed E-state index contributed by atoms with van der Waals surface area (Å²) < 4.78 is 5.69. The molecule has 29 heavy (non-hydrogen) atoms. The third kappa shape index (κ3) is 6.87. The van der Waals surface area contributed by atoms with Crippen molar-refractivity contribution >= 4 is 17.6 Å². The second kappa shape index (κ2) is 10.6. The molecule has 6 heteroatoms. The first-order valence-electron chi connectivity index (χ1n) is 11.2. The van der Waals surface area contributed by atoms with Gasteiger partial charge in [0.2, 0.25) is 0 Å². The molecule has 0 amide bonds. The normalized spacial score (nSPS) is 20.1. The van der Waals surface area contributed by atoms with Crippen LogP contribution in [0, 0.1) is 0 Å². The summed E-state index contributed by atoms with van der Waals surface area (Å²) in [6.07, 6.45) is 4.98. The Morgan fingerprint density at radius 2 is 2.07 bits per heavy atom. The molecule has 1 aromatic carbocycles. The van der Waals surface area contributed by atoms with Crippen molar-refractivity contribution in [3.63, 3.8) is 0 Å². The number of benzene rings is 1. The molecule has 0 aromatic heterocycles. The number of halogens is 1. The molecule has 2 N–H and O–H groups in total. The van der Waals surface area contributed by atoms with Crippen LogP contribution >= 0.6 is 11.6 Å². The number of rotatable bonds is 9. The number of piperidine rings is 1. The monoisotopic (exact) mass is 420 g/mol. The predicted octanol–water partition coefficient (Wildman–Crippen LogP) is 3.82. The van der Waals surface area contributed by atoms with Crippen molar-refractivity contribution in [2.24, 2.45) is 4.99 Å². The Balaban J connectivity index is 1.49. The van der Waals surface area contributed by atoms with Crippen LogP contribution in [0.4, 0.5) is 0 Å². The number of hydrogen-bond acceptors (Lipinski definition) is 3. The summed E-state index contributed by atoms with van der Waals surface area (Å²) in [5, 5.41) is 7.91. The van der Waals surface area contributed by atoms with Gasteiger partial charge in [-0.25, -0.2) is 0 Å². The van der Waals surface area contributed by atoms with E-state index >= 15 is 0 Å². The first kappa shape index (κ1) is 22.4. The van der Waals surface area contributed by atoms with E-state index < -0.39 is 0 Å². The van der Waals surface area contributed by atoms with Crippen molar-refractivity contribution in [1.29, 1.82) is 0 Å². The fourth-order valence-electron chi connectivity index (χ4n) is 3.97. The molecule has 1 aliphatic heterocycles. The SMILES string of the molecule is CCNC(=NCC1(c2cccc(Cl)c2)CC1)NC1CCN(CCOC(C)C)CC1. The summed E-state index contributed by atoms with van der Waals surface area (Å²) in [6, 6.07) is 8.76. The first-order chi connectivity index (χ1) is 14.0. The minimum absolute atomic E-state index is 0.174. The fraction of sp³-hybridized carbons (Fsp3) is 0.696. The number of nitrogens with one attached hydrogen (secondary N) is 2. The molecule has 2 aliphatic rings. The van der Waals surface area contributed by atoms with E-state index in [1.807, 2.05) is 12.1 Å². The van der Waals surface area contributed by atoms with Crippen LogP contribution in [0.5, 0.6) is 0 Å². The Hall–Kier alpha value is -1.30. The van der Waals surface area contributed by atoms with Crippen LogP contribution in [0.25, 0.3) is 0 Å². The standard InChI is InChI=1S/C23H37ClN4O/c1-4-25-22(26-17-23(10-11-23)19-6-5-7-20(24)16-19)27-21-8-12-28(13-9-21)14-15-29-18(2)3/h5-7,16,18,21H,4,8-15,17H2,1-3H3,(H2,25,26,27). The van der Waals surface area contributed by atoms with Gasteiger partial charge in [-0.15, -0.1) is 0 Å². The molecule has 5 nitrogen and oxygen atoms in total. The van der Waals surface area contributed by atoms with Crippen molar-refractivity contribution < 1.29 is 4.74 Å². The summed E-state index contributed by atoms with van der Waals surface area (Å²) in [6.45, 7) is 12.1. The summed E-state index contributed by atoms with van der Waals surface area (Å²) >= 11 is 6.21. The van der Waals surface area contributed by atoms with Gasteiger partial charge in [0.15, 0.2) is 5.96 Å². The third-order valence-electron chi connectivity index (χ3n) is 5.96. The van der Waals surface area contributed by atoms with E-state index in [1.54, 1.807) is 0 Å². The summed E-state index contributed by atoms with van der Waals surface area (Å²) in [4.78, 5) is 7.46. The maximum absolute atomic E-state index is 6.21. The maximum atomic E-state index is 6.21. The average Bonchev–Trinajstić information content (AvgIpc) is 3.49. The third-order valence-corrected chi connectivity index (χ3v) is 6.20. The fourth-order valence-corrected chi connectivity index (χ4v) is 4.16. The van der Waals surface area contributed by atoms with Gasteiger partial charge >= 0.3 is 0 Å². The Labute approximate surface area is 181 Å². The maximum Gasteiger partial charge on any atom is 0.191 e. The van der Waals surface area contributed by atoms with E-state index in [9.17, 15) is 0 Å². The van der Waals surface area contributed by atoms with E-state index in [2.05, 4.69) is 48.4 Å². The molecule has 1 saturated carbocycles. The highest BCUT2D eigenvalue weighted by Gasteiger charge is 2.44. The minimum Gasteiger partial charge on any atom is -0.377 e. The highest BCUT2D eigenvalue weighted by atomic mass is 35.5. The number of ether oxygens (including phenoxy) is 1. The van der Waals surface area contributed by atoms with E-state index in [0.29, 0.717) is 12.1 Å². The lowest BCUT2D eigenvalue weighted by Crippen LogP contribution is -2.49. The molecule has 0 unspecified atom stereocenters. The molecule has 0 radical (unpaired) electrons. The molecule has 0 atom stereocenters. The number of aliphatic imine (C=N–C) groups is 1. The second-order valence-corrected chi connectivity index (χ2v) is 9.10. The van der Waals surface area contributed by atoms with E-state index in [0.717, 1.165) is 63.2 Å². The molecule has 3 rings (SSSR count). The van der Waals surface area contributed by atoms with Crippen LogP contribution < -0.4 is 10.6 Å². The van der Waals surface area contributed by atoms with Gasteiger partial charge < -0.3 is 20.3 Å². The number of likely N-dealkylation sites (tertiary alicyclic amines) is 1. The van der Waals surface area contributed by atoms with Crippen molar-refractivity contribution in [1.82, 2.24) is 15.5 Å². The van der Waals surface area contributed by atoms with Gasteiger partial charge in [0.25, 0.3) is 0 Å². The minimum atomic E-state index is 0.174. The molecule has 0 bridgehead atoms. The van der Waals surface area contributed by atoms with Crippen LogP contribution in [0.15, 0.2) is 29.3 Å². The largest absolute Gasteiger partial charge is 0.377 e. The molecule has 1 heterocycles. The average molecular weight is 421 g/mol. The topological polar surface area (TPSA) is 48.9 Å². The van der Waals surface area contributed by atoms with Gasteiger partial charge in [-0.1, -0.05) is 23.7 Å². The highest BCUT2D eigenvalue weighted by Crippen LogP contribution is 2.48. The van der Waals surface area contributed by atoms with Crippen LogP contribution in [0.3, 0.4) is 0 Å². The molecule has 1 aromatic rings. The second-order valence-electron chi connectivity index (χ2n) is 8.67. The molecule has 162 valence electrons. The van der Waals surface area contributed by atoms with Gasteiger partial charge in [-0.05, 0) is 64.2 Å². The predicted molar refractivity (Wildman–Crippen MR) is 122 cm³/mol. The van der Waals surface area contributed by atoms with Gasteiger partial charge in [0.1, 0.15) is 0 Å². The smallest absolute Gasteiger partial charge is 0.191 e. The lowest BCUT2D eigenvalue weighted by atomic mass is 9.96. The highest BCUT2D eigenvalue weighted by molar-refractivity contribution is 6.30. The Morgan fingerprint density at radius 1 is 1.31 bits per heavy atom. The molecule has 0 spiro atoms. The van der Waals surface area contributed by atoms with Gasteiger partial charge in [0, 0.05) is 42.7 Å². The Morgan fingerprint density at radius 3 is 2.69 bits per heavy atom. The van der Waals surface area contributed by atoms with Crippen molar-refractivity contribution in [3.05, 3.63) is 34.9 Å². The van der Waals surface area contributed by atoms with Crippen LogP contribution in [0.2, 0.25) is 5.02 Å². The van der Waals surface area contributed by atoms with Crippen LogP contribution in [0.1, 0.15) is 52.0 Å². The van der Waals surface area contributed by atoms with Crippen molar-refractivity contribution in [2.45, 2.75) is 64.0 Å². The number of nitrogens with zero attached hydrogens (tertiary/aromatic N) is 2. The molecule has 2 fully saturated rings. The van der Waals surface area contributed by atoms with Gasteiger partial charge in [0.05, 0.1) is 19.3 Å². The molecule has 1 saturated heterocycles. The summed E-state index contributed by atoms with van der Waals surface area (Å²) in [5.74, 6) is 0.947. The van der Waals surface area contributed by atoms with Crippen molar-refractivity contribution in [2.75, 3.05) is 39.3 Å². The molecule has 1 aliphatic carbocycles. The number of guanidine groups is 1. The van der Waals surface area contributed by atoms with Crippen LogP contribution in [-0.2, 0) is 10.2 Å². The zero-order valence-electron chi connectivity index (χ0n) is 18.2. The van der Waals surface area contributed by atoms with Gasteiger partial charge in [-0.2, -0.15) is 0 Å². The van der Waals surface area contributed by atoms with E-state index in [4.69, 9.17) is 21.3 Å². The van der Waals surface area contributed by atoms with Gasteiger partial charge in [-0.3, -0.25) is 4.99 Å². The van der Waals surface area contributed by atoms with Crippen molar-refractivity contribution in [3.8, 4) is 0 Å². The summed E-state index contributed by atoms with van der Waals surface area (Å²) in [7, 11) is 0. The zero-order chi connectivity index (χ0) is 20.7. The lowest BCUT2D eigenvalue weighted by molar-refractivity contribution is 0.0532. The van der Waals surface area contributed by atoms with Crippen LogP contribution in [-0.4, -0.2) is 62.3 Å². The summed E-state index contributed by atoms with van der Waals surface area (Å²) in [5.41, 5.74) is 1.49. The zero-order valence-corrected chi connectivity index (χ0v) is 19.0. The Kier molecular flexibility index (Phi) is 8.22. The Bertz CT molecular complexity index is 667. The first-order valence-corrected chi connectivity index (χ1v) is 11.5.